The summed E-state index contributed by atoms with van der Waals surface area (Å²) in [4.78, 5) is 12.2. The maximum absolute atomic E-state index is 14.2. The van der Waals surface area contributed by atoms with Gasteiger partial charge in [-0.1, -0.05) is 64.0 Å². The standard InChI is InChI=1S/C25H21BrFNO4S/c1-16-8-10-21(11-9-16)33(31,32)28-23(17-4-2-6-19(26)14-17)13-12-22(25(29)30)24(28)18-5-3-7-20(27)15-18/h2-12,14-15,23-24H,13H2,1H3,(H,29,30)/t23?,24-/m0/s1. The number of rotatable bonds is 5. The van der Waals surface area contributed by atoms with Crippen LogP contribution in [0.4, 0.5) is 4.39 Å². The molecule has 1 heterocycles. The fraction of sp³-hybridized carbons (Fsp3) is 0.160. The molecule has 0 saturated heterocycles. The van der Waals surface area contributed by atoms with Gasteiger partial charge in [0, 0.05) is 4.47 Å². The molecule has 1 N–H and O–H groups in total. The van der Waals surface area contributed by atoms with E-state index in [1.807, 2.05) is 19.1 Å². The van der Waals surface area contributed by atoms with Gasteiger partial charge in [0.1, 0.15) is 5.82 Å². The lowest BCUT2D eigenvalue weighted by Gasteiger charge is -2.40. The number of benzene rings is 3. The molecule has 0 saturated carbocycles. The van der Waals surface area contributed by atoms with Crippen molar-refractivity contribution in [3.05, 3.63) is 111 Å². The number of carboxylic acid groups (broad SMARTS) is 1. The summed E-state index contributed by atoms with van der Waals surface area (Å²) in [6.07, 6.45) is 1.69. The van der Waals surface area contributed by atoms with Gasteiger partial charge in [-0.25, -0.2) is 17.6 Å². The van der Waals surface area contributed by atoms with Gasteiger partial charge < -0.3 is 5.11 Å². The Morgan fingerprint density at radius 2 is 1.70 bits per heavy atom. The van der Waals surface area contributed by atoms with Gasteiger partial charge in [-0.15, -0.1) is 0 Å². The lowest BCUT2D eigenvalue weighted by molar-refractivity contribution is -0.133. The van der Waals surface area contributed by atoms with E-state index in [9.17, 15) is 22.7 Å². The molecule has 0 aliphatic carbocycles. The molecule has 5 nitrogen and oxygen atoms in total. The quantitative estimate of drug-likeness (QED) is 0.454. The average Bonchev–Trinajstić information content (AvgIpc) is 2.78. The zero-order valence-corrected chi connectivity index (χ0v) is 20.1. The van der Waals surface area contributed by atoms with Crippen LogP contribution < -0.4 is 0 Å². The monoisotopic (exact) mass is 529 g/mol. The van der Waals surface area contributed by atoms with Crippen LogP contribution in [0.25, 0.3) is 0 Å². The van der Waals surface area contributed by atoms with Crippen LogP contribution in [0.1, 0.15) is 35.2 Å². The van der Waals surface area contributed by atoms with Gasteiger partial charge in [0.05, 0.1) is 22.6 Å². The molecule has 8 heteroatoms. The number of aliphatic carboxylic acids is 1. The SMILES string of the molecule is Cc1ccc(S(=O)(=O)N2C(c3cccc(Br)c3)CC=C(C(=O)O)[C@@H]2c2cccc(F)c2)cc1. The first-order chi connectivity index (χ1) is 15.7. The van der Waals surface area contributed by atoms with E-state index in [-0.39, 0.29) is 22.5 Å². The Balaban J connectivity index is 1.98. The summed E-state index contributed by atoms with van der Waals surface area (Å²) in [6, 6.07) is 17.1. The van der Waals surface area contributed by atoms with Crippen molar-refractivity contribution in [2.24, 2.45) is 0 Å². The smallest absolute Gasteiger partial charge is 0.333 e. The van der Waals surface area contributed by atoms with Crippen LogP contribution in [-0.2, 0) is 14.8 Å². The predicted octanol–water partition coefficient (Wildman–Crippen LogP) is 5.78. The Hall–Kier alpha value is -2.81. The Kier molecular flexibility index (Phi) is 6.52. The number of carbonyl (C=O) groups is 1. The maximum Gasteiger partial charge on any atom is 0.333 e. The van der Waals surface area contributed by atoms with Gasteiger partial charge in [-0.05, 0) is 60.9 Å². The Bertz CT molecular complexity index is 1340. The molecule has 1 aliphatic rings. The summed E-state index contributed by atoms with van der Waals surface area (Å²) in [7, 11) is -4.17. The third-order valence-corrected chi connectivity index (χ3v) is 8.04. The summed E-state index contributed by atoms with van der Waals surface area (Å²) in [5.41, 5.74) is 1.73. The van der Waals surface area contributed by atoms with Crippen molar-refractivity contribution in [3.63, 3.8) is 0 Å². The molecule has 0 aromatic heterocycles. The molecule has 0 amide bonds. The minimum atomic E-state index is -4.17. The topological polar surface area (TPSA) is 74.7 Å². The molecule has 3 aromatic rings. The van der Waals surface area contributed by atoms with Gasteiger partial charge in [-0.3, -0.25) is 0 Å². The molecule has 2 atom stereocenters. The van der Waals surface area contributed by atoms with E-state index in [0.717, 1.165) is 10.0 Å². The third kappa shape index (κ3) is 4.64. The highest BCUT2D eigenvalue weighted by molar-refractivity contribution is 9.10. The van der Waals surface area contributed by atoms with Crippen molar-refractivity contribution in [1.82, 2.24) is 4.31 Å². The van der Waals surface area contributed by atoms with Crippen LogP contribution >= 0.6 is 15.9 Å². The first-order valence-corrected chi connectivity index (χ1v) is 12.5. The van der Waals surface area contributed by atoms with Gasteiger partial charge >= 0.3 is 5.97 Å². The second kappa shape index (κ2) is 9.21. The summed E-state index contributed by atoms with van der Waals surface area (Å²) in [6.45, 7) is 1.85. The van der Waals surface area contributed by atoms with E-state index in [1.54, 1.807) is 30.3 Å². The number of sulfonamides is 1. The van der Waals surface area contributed by atoms with E-state index >= 15 is 0 Å². The predicted molar refractivity (Wildman–Crippen MR) is 127 cm³/mol. The fourth-order valence-electron chi connectivity index (χ4n) is 4.11. The van der Waals surface area contributed by atoms with E-state index in [4.69, 9.17) is 0 Å². The molecule has 170 valence electrons. The van der Waals surface area contributed by atoms with Crippen LogP contribution in [0.5, 0.6) is 0 Å². The molecule has 0 spiro atoms. The normalized spacial score (nSPS) is 19.2. The molecule has 3 aromatic carbocycles. The largest absolute Gasteiger partial charge is 0.478 e. The number of nitrogens with zero attached hydrogens (tertiary/aromatic N) is 1. The molecule has 4 rings (SSSR count). The van der Waals surface area contributed by atoms with Gasteiger partial charge in [0.25, 0.3) is 0 Å². The van der Waals surface area contributed by atoms with E-state index < -0.39 is 33.9 Å². The second-order valence-electron chi connectivity index (χ2n) is 7.88. The van der Waals surface area contributed by atoms with Crippen LogP contribution in [-0.4, -0.2) is 23.8 Å². The highest BCUT2D eigenvalue weighted by Crippen LogP contribution is 2.46. The lowest BCUT2D eigenvalue weighted by Crippen LogP contribution is -2.42. The summed E-state index contributed by atoms with van der Waals surface area (Å²) >= 11 is 3.43. The number of aryl methyl sites for hydroxylation is 1. The third-order valence-electron chi connectivity index (χ3n) is 5.66. The lowest BCUT2D eigenvalue weighted by atomic mass is 9.89. The van der Waals surface area contributed by atoms with Crippen LogP contribution in [0.15, 0.2) is 93.8 Å². The number of carboxylic acids is 1. The summed E-state index contributed by atoms with van der Waals surface area (Å²) < 4.78 is 44.2. The van der Waals surface area contributed by atoms with E-state index in [0.29, 0.717) is 5.56 Å². The van der Waals surface area contributed by atoms with Crippen molar-refractivity contribution in [3.8, 4) is 0 Å². The fourth-order valence-corrected chi connectivity index (χ4v) is 6.31. The van der Waals surface area contributed by atoms with Crippen molar-refractivity contribution in [2.75, 3.05) is 0 Å². The van der Waals surface area contributed by atoms with Crippen LogP contribution in [0.2, 0.25) is 0 Å². The van der Waals surface area contributed by atoms with E-state index in [2.05, 4.69) is 15.9 Å². The Morgan fingerprint density at radius 1 is 1.03 bits per heavy atom. The first kappa shape index (κ1) is 23.4. The molecular weight excluding hydrogens is 509 g/mol. The number of hydrogen-bond acceptors (Lipinski definition) is 3. The number of hydrogen-bond donors (Lipinski definition) is 1. The molecule has 1 unspecified atom stereocenters. The zero-order chi connectivity index (χ0) is 23.8. The zero-order valence-electron chi connectivity index (χ0n) is 17.7. The molecule has 0 radical (unpaired) electrons. The summed E-state index contributed by atoms with van der Waals surface area (Å²) in [5.74, 6) is -1.82. The minimum absolute atomic E-state index is 0.0427. The van der Waals surface area contributed by atoms with Crippen molar-refractivity contribution >= 4 is 31.9 Å². The number of halogens is 2. The van der Waals surface area contributed by atoms with Gasteiger partial charge in [0.2, 0.25) is 10.0 Å². The molecule has 0 bridgehead atoms. The van der Waals surface area contributed by atoms with Crippen molar-refractivity contribution in [1.29, 1.82) is 0 Å². The van der Waals surface area contributed by atoms with Crippen LogP contribution in [0.3, 0.4) is 0 Å². The second-order valence-corrected chi connectivity index (χ2v) is 10.6. The summed E-state index contributed by atoms with van der Waals surface area (Å²) in [5, 5.41) is 9.94. The highest BCUT2D eigenvalue weighted by atomic mass is 79.9. The minimum Gasteiger partial charge on any atom is -0.478 e. The molecule has 1 aliphatic heterocycles. The molecule has 33 heavy (non-hydrogen) atoms. The Labute approximate surface area is 200 Å². The van der Waals surface area contributed by atoms with Gasteiger partial charge in [0.15, 0.2) is 0 Å². The molecule has 0 fully saturated rings. The Morgan fingerprint density at radius 3 is 2.33 bits per heavy atom. The van der Waals surface area contributed by atoms with Crippen molar-refractivity contribution in [2.45, 2.75) is 30.3 Å². The maximum atomic E-state index is 14.2. The van der Waals surface area contributed by atoms with E-state index in [1.165, 1.54) is 40.7 Å². The van der Waals surface area contributed by atoms with Crippen molar-refractivity contribution < 1.29 is 22.7 Å². The van der Waals surface area contributed by atoms with Crippen LogP contribution in [0, 0.1) is 12.7 Å². The molecular formula is C25H21BrFNO4S. The first-order valence-electron chi connectivity index (χ1n) is 10.2. The highest BCUT2D eigenvalue weighted by Gasteiger charge is 2.44. The average molecular weight is 530 g/mol. The van der Waals surface area contributed by atoms with Gasteiger partial charge in [-0.2, -0.15) is 4.31 Å².